The normalized spacial score (nSPS) is 28.7. The van der Waals surface area contributed by atoms with Gasteiger partial charge in [0, 0.05) is 17.7 Å². The van der Waals surface area contributed by atoms with Crippen LogP contribution in [-0.4, -0.2) is 12.2 Å². The van der Waals surface area contributed by atoms with Crippen molar-refractivity contribution in [3.8, 4) is 0 Å². The summed E-state index contributed by atoms with van der Waals surface area (Å²) in [7, 11) is 0. The van der Waals surface area contributed by atoms with E-state index in [4.69, 9.17) is 0 Å². The summed E-state index contributed by atoms with van der Waals surface area (Å²) in [6.07, 6.45) is 17.6. The Bertz CT molecular complexity index is 1550. The highest BCUT2D eigenvalue weighted by Crippen LogP contribution is 2.37. The van der Waals surface area contributed by atoms with Crippen LogP contribution in [0.25, 0.3) is 5.57 Å². The van der Waals surface area contributed by atoms with Crippen LogP contribution >= 0.6 is 0 Å². The Kier molecular flexibility index (Phi) is 8.45. The summed E-state index contributed by atoms with van der Waals surface area (Å²) in [5.41, 5.74) is 10.3. The fourth-order valence-corrected chi connectivity index (χ4v) is 6.93. The molecule has 44 heavy (non-hydrogen) atoms. The monoisotopic (exact) mass is 581 g/mol. The lowest BCUT2D eigenvalue weighted by Gasteiger charge is -2.43. The maximum Gasteiger partial charge on any atom is 0.103 e. The van der Waals surface area contributed by atoms with Gasteiger partial charge >= 0.3 is 0 Å². The second-order valence-corrected chi connectivity index (χ2v) is 12.5. The molecule has 0 spiro atoms. The van der Waals surface area contributed by atoms with E-state index in [1.807, 2.05) is 0 Å². The summed E-state index contributed by atoms with van der Waals surface area (Å²) in [6.45, 7) is 4.34. The second kappa shape index (κ2) is 12.9. The molecule has 3 aromatic carbocycles. The van der Waals surface area contributed by atoms with Gasteiger partial charge in [-0.1, -0.05) is 115 Å². The van der Waals surface area contributed by atoms with Crippen molar-refractivity contribution in [3.63, 3.8) is 0 Å². The minimum absolute atomic E-state index is 0.0299. The van der Waals surface area contributed by atoms with E-state index in [9.17, 15) is 0 Å². The molecule has 224 valence electrons. The van der Waals surface area contributed by atoms with E-state index >= 15 is 0 Å². The SMILES string of the molecule is CC1=CC(C)NC(c2ccc(C3=CC(C4=CCCC=C4)=CC(C4NC(c5ccccc5)NC(c5ccccc5)N4)C3)cc2)N1. The average Bonchev–Trinajstić information content (AvgIpc) is 3.09. The van der Waals surface area contributed by atoms with E-state index < -0.39 is 0 Å². The molecular formula is C39H43N5. The van der Waals surface area contributed by atoms with Crippen LogP contribution in [0.1, 0.15) is 73.9 Å². The van der Waals surface area contributed by atoms with Crippen LogP contribution in [0.3, 0.4) is 0 Å². The first-order valence-electron chi connectivity index (χ1n) is 16.1. The molecule has 5 atom stereocenters. The van der Waals surface area contributed by atoms with Gasteiger partial charge < -0.3 is 5.32 Å². The summed E-state index contributed by atoms with van der Waals surface area (Å²) in [5, 5.41) is 18.9. The van der Waals surface area contributed by atoms with Crippen LogP contribution in [0.4, 0.5) is 0 Å². The van der Waals surface area contributed by atoms with Crippen molar-refractivity contribution in [2.75, 3.05) is 0 Å². The summed E-state index contributed by atoms with van der Waals surface area (Å²) < 4.78 is 0. The van der Waals surface area contributed by atoms with Crippen molar-refractivity contribution in [1.29, 1.82) is 0 Å². The molecule has 0 bridgehead atoms. The molecule has 3 aromatic rings. The third-order valence-electron chi connectivity index (χ3n) is 9.14. The lowest BCUT2D eigenvalue weighted by molar-refractivity contribution is 0.171. The Hall–Kier alpha value is -4.00. The van der Waals surface area contributed by atoms with Crippen molar-refractivity contribution < 1.29 is 0 Å². The minimum atomic E-state index is 0.0299. The summed E-state index contributed by atoms with van der Waals surface area (Å²) in [4.78, 5) is 0. The van der Waals surface area contributed by atoms with E-state index in [1.165, 1.54) is 44.7 Å². The predicted octanol–water partition coefficient (Wildman–Crippen LogP) is 7.28. The van der Waals surface area contributed by atoms with Gasteiger partial charge in [0.25, 0.3) is 0 Å². The molecule has 0 radical (unpaired) electrons. The van der Waals surface area contributed by atoms with E-state index in [0.717, 1.165) is 19.3 Å². The molecule has 5 unspecified atom stereocenters. The summed E-state index contributed by atoms with van der Waals surface area (Å²) in [5.74, 6) is 0.260. The first kappa shape index (κ1) is 28.8. The van der Waals surface area contributed by atoms with E-state index in [1.54, 1.807) is 0 Å². The third-order valence-corrected chi connectivity index (χ3v) is 9.14. The molecule has 0 saturated carbocycles. The highest BCUT2D eigenvalue weighted by atomic mass is 15.4. The van der Waals surface area contributed by atoms with Crippen LogP contribution in [0.2, 0.25) is 0 Å². The van der Waals surface area contributed by atoms with Crippen LogP contribution in [-0.2, 0) is 0 Å². The van der Waals surface area contributed by atoms with Gasteiger partial charge in [-0.15, -0.1) is 0 Å². The smallest absolute Gasteiger partial charge is 0.103 e. The number of benzene rings is 3. The average molecular weight is 582 g/mol. The molecule has 1 fully saturated rings. The number of nitrogens with one attached hydrogen (secondary N) is 5. The Morgan fingerprint density at radius 1 is 0.636 bits per heavy atom. The molecule has 0 aromatic heterocycles. The van der Waals surface area contributed by atoms with Gasteiger partial charge in [0.1, 0.15) is 6.17 Å². The Labute approximate surface area is 261 Å². The van der Waals surface area contributed by atoms with Crippen LogP contribution in [0.15, 0.2) is 138 Å². The van der Waals surface area contributed by atoms with Gasteiger partial charge in [0.15, 0.2) is 0 Å². The first-order valence-corrected chi connectivity index (χ1v) is 16.1. The number of rotatable bonds is 6. The van der Waals surface area contributed by atoms with Crippen LogP contribution < -0.4 is 26.6 Å². The predicted molar refractivity (Wildman–Crippen MR) is 181 cm³/mol. The molecule has 4 aliphatic rings. The van der Waals surface area contributed by atoms with Crippen LogP contribution in [0, 0.1) is 5.92 Å². The molecule has 2 heterocycles. The largest absolute Gasteiger partial charge is 0.370 e. The standard InChI is InChI=1S/C39H43N5/c1-26-22-27(2)41-36(40-26)32-20-18-29(19-21-32)34-23-33(28-12-6-3-7-13-28)24-35(25-34)39-43-37(30-14-8-4-9-15-30)42-38(44-39)31-16-10-5-11-17-31/h4-6,8-24,26,35-44H,3,7,25H2,1-2H3. The molecule has 5 nitrogen and oxygen atoms in total. The maximum absolute atomic E-state index is 3.94. The molecular weight excluding hydrogens is 538 g/mol. The summed E-state index contributed by atoms with van der Waals surface area (Å²) in [6, 6.07) is 31.0. The zero-order chi connectivity index (χ0) is 29.9. The van der Waals surface area contributed by atoms with Crippen molar-refractivity contribution >= 4 is 5.57 Å². The van der Waals surface area contributed by atoms with E-state index in [2.05, 4.69) is 162 Å². The fourth-order valence-electron chi connectivity index (χ4n) is 6.93. The Morgan fingerprint density at radius 3 is 1.91 bits per heavy atom. The van der Waals surface area contributed by atoms with Crippen molar-refractivity contribution in [2.45, 2.75) is 63.8 Å². The molecule has 5 heteroatoms. The van der Waals surface area contributed by atoms with Crippen molar-refractivity contribution in [1.82, 2.24) is 26.6 Å². The molecule has 5 N–H and O–H groups in total. The summed E-state index contributed by atoms with van der Waals surface area (Å²) >= 11 is 0. The van der Waals surface area contributed by atoms with Crippen molar-refractivity contribution in [3.05, 3.63) is 160 Å². The van der Waals surface area contributed by atoms with E-state index in [-0.39, 0.29) is 30.6 Å². The molecule has 7 rings (SSSR count). The van der Waals surface area contributed by atoms with E-state index in [0.29, 0.717) is 6.04 Å². The van der Waals surface area contributed by atoms with Crippen molar-refractivity contribution in [2.24, 2.45) is 5.92 Å². The van der Waals surface area contributed by atoms with Gasteiger partial charge in [-0.2, -0.15) is 0 Å². The second-order valence-electron chi connectivity index (χ2n) is 12.5. The fraction of sp³-hybridized carbons (Fsp3) is 0.282. The van der Waals surface area contributed by atoms with Gasteiger partial charge in [0.2, 0.25) is 0 Å². The topological polar surface area (TPSA) is 60.1 Å². The highest BCUT2D eigenvalue weighted by molar-refractivity contribution is 5.73. The number of hydrogen-bond acceptors (Lipinski definition) is 5. The van der Waals surface area contributed by atoms with Gasteiger partial charge in [-0.25, -0.2) is 0 Å². The van der Waals surface area contributed by atoms with Gasteiger partial charge in [0.05, 0.1) is 18.5 Å². The number of hydrogen-bond donors (Lipinski definition) is 5. The first-order chi connectivity index (χ1) is 21.6. The Balaban J connectivity index is 1.20. The quantitative estimate of drug-likeness (QED) is 0.212. The molecule has 0 amide bonds. The zero-order valence-corrected chi connectivity index (χ0v) is 25.6. The highest BCUT2D eigenvalue weighted by Gasteiger charge is 2.34. The molecule has 1 saturated heterocycles. The Morgan fingerprint density at radius 2 is 1.30 bits per heavy atom. The molecule has 2 aliphatic heterocycles. The third kappa shape index (κ3) is 6.42. The van der Waals surface area contributed by atoms with Crippen LogP contribution in [0.5, 0.6) is 0 Å². The minimum Gasteiger partial charge on any atom is -0.370 e. The lowest BCUT2D eigenvalue weighted by Crippen LogP contribution is -2.61. The number of allylic oxidation sites excluding steroid dienone is 8. The van der Waals surface area contributed by atoms with Gasteiger partial charge in [-0.3, -0.25) is 21.3 Å². The van der Waals surface area contributed by atoms with Gasteiger partial charge in [-0.05, 0) is 78.2 Å². The lowest BCUT2D eigenvalue weighted by atomic mass is 9.81. The maximum atomic E-state index is 3.94. The zero-order valence-electron chi connectivity index (χ0n) is 25.6. The molecule has 2 aliphatic carbocycles.